The predicted octanol–water partition coefficient (Wildman–Crippen LogP) is 3.23. The van der Waals surface area contributed by atoms with Crippen LogP contribution in [-0.2, 0) is 15.2 Å². The molecule has 4 rings (SSSR count). The highest BCUT2D eigenvalue weighted by atomic mass is 16.5. The first-order valence-corrected chi connectivity index (χ1v) is 10.1. The molecule has 164 valence electrons. The van der Waals surface area contributed by atoms with E-state index in [9.17, 15) is 14.7 Å². The minimum Gasteiger partial charge on any atom is -0.497 e. The van der Waals surface area contributed by atoms with Crippen molar-refractivity contribution in [2.24, 2.45) is 0 Å². The number of carbonyl (C=O) groups excluding carboxylic acids is 2. The Morgan fingerprint density at radius 3 is 2.34 bits per heavy atom. The molecule has 32 heavy (non-hydrogen) atoms. The fourth-order valence-corrected chi connectivity index (χ4v) is 3.96. The SMILES string of the molecule is COc1cc(NC(=O)CN2C(=O)C(O)(c3cccc(C)c3)c3ccccc32)cc(OC)c1. The number of nitrogens with zero attached hydrogens (tertiary/aromatic N) is 1. The van der Waals surface area contributed by atoms with Gasteiger partial charge in [0.25, 0.3) is 5.91 Å². The number of rotatable bonds is 6. The fourth-order valence-electron chi connectivity index (χ4n) is 3.96. The number of benzene rings is 3. The molecule has 1 heterocycles. The van der Waals surface area contributed by atoms with Crippen molar-refractivity contribution < 1.29 is 24.2 Å². The summed E-state index contributed by atoms with van der Waals surface area (Å²) in [6.07, 6.45) is 0. The van der Waals surface area contributed by atoms with Crippen molar-refractivity contribution in [2.45, 2.75) is 12.5 Å². The summed E-state index contributed by atoms with van der Waals surface area (Å²) in [5.74, 6) is 0.0618. The number of carbonyl (C=O) groups is 2. The number of hydrogen-bond donors (Lipinski definition) is 2. The van der Waals surface area contributed by atoms with Gasteiger partial charge in [-0.1, -0.05) is 48.0 Å². The summed E-state index contributed by atoms with van der Waals surface area (Å²) in [5, 5.41) is 14.3. The molecule has 0 fully saturated rings. The van der Waals surface area contributed by atoms with Crippen LogP contribution < -0.4 is 19.7 Å². The van der Waals surface area contributed by atoms with E-state index in [1.807, 2.05) is 13.0 Å². The molecular weight excluding hydrogens is 408 g/mol. The van der Waals surface area contributed by atoms with Crippen molar-refractivity contribution >= 4 is 23.2 Å². The summed E-state index contributed by atoms with van der Waals surface area (Å²) >= 11 is 0. The number of aryl methyl sites for hydroxylation is 1. The zero-order chi connectivity index (χ0) is 22.9. The fraction of sp³-hybridized carbons (Fsp3) is 0.200. The molecule has 2 N–H and O–H groups in total. The Labute approximate surface area is 186 Å². The Morgan fingerprint density at radius 1 is 1.00 bits per heavy atom. The molecule has 1 unspecified atom stereocenters. The minimum absolute atomic E-state index is 0.260. The number of aliphatic hydroxyl groups is 1. The Hall–Kier alpha value is -3.84. The quantitative estimate of drug-likeness (QED) is 0.624. The zero-order valence-electron chi connectivity index (χ0n) is 18.1. The van der Waals surface area contributed by atoms with Crippen LogP contribution in [0, 0.1) is 6.92 Å². The number of hydrogen-bond acceptors (Lipinski definition) is 5. The Balaban J connectivity index is 1.64. The molecule has 2 amide bonds. The first kappa shape index (κ1) is 21.4. The van der Waals surface area contributed by atoms with Gasteiger partial charge >= 0.3 is 0 Å². The number of para-hydroxylation sites is 1. The maximum Gasteiger partial charge on any atom is 0.268 e. The molecule has 0 bridgehead atoms. The molecule has 3 aromatic rings. The van der Waals surface area contributed by atoms with Crippen LogP contribution in [0.25, 0.3) is 0 Å². The highest BCUT2D eigenvalue weighted by Gasteiger charge is 2.51. The van der Waals surface area contributed by atoms with E-state index >= 15 is 0 Å². The zero-order valence-corrected chi connectivity index (χ0v) is 18.1. The molecule has 7 heteroatoms. The second-order valence-electron chi connectivity index (χ2n) is 7.64. The minimum atomic E-state index is -1.86. The third kappa shape index (κ3) is 3.67. The summed E-state index contributed by atoms with van der Waals surface area (Å²) in [5.41, 5.74) is 0.952. The normalized spacial score (nSPS) is 17.1. The van der Waals surface area contributed by atoms with Crippen molar-refractivity contribution in [3.05, 3.63) is 83.4 Å². The first-order valence-electron chi connectivity index (χ1n) is 10.1. The van der Waals surface area contributed by atoms with Gasteiger partial charge in [0, 0.05) is 29.4 Å². The van der Waals surface area contributed by atoms with Crippen LogP contribution in [0.15, 0.2) is 66.7 Å². The van der Waals surface area contributed by atoms with Gasteiger partial charge in [0.1, 0.15) is 18.0 Å². The molecule has 0 aromatic heterocycles. The first-order chi connectivity index (χ1) is 15.4. The molecule has 7 nitrogen and oxygen atoms in total. The van der Waals surface area contributed by atoms with Crippen molar-refractivity contribution in [2.75, 3.05) is 31.0 Å². The Bertz CT molecular complexity index is 1170. The highest BCUT2D eigenvalue weighted by Crippen LogP contribution is 2.44. The van der Waals surface area contributed by atoms with Crippen LogP contribution in [0.3, 0.4) is 0 Å². The van der Waals surface area contributed by atoms with Gasteiger partial charge in [0.05, 0.1) is 19.9 Å². The number of methoxy groups -OCH3 is 2. The number of fused-ring (bicyclic) bond motifs is 1. The second-order valence-corrected chi connectivity index (χ2v) is 7.64. The lowest BCUT2D eigenvalue weighted by molar-refractivity contribution is -0.133. The van der Waals surface area contributed by atoms with Crippen LogP contribution in [0.2, 0.25) is 0 Å². The van der Waals surface area contributed by atoms with Gasteiger partial charge in [-0.15, -0.1) is 0 Å². The maximum atomic E-state index is 13.4. The molecule has 0 saturated heterocycles. The maximum absolute atomic E-state index is 13.4. The summed E-state index contributed by atoms with van der Waals surface area (Å²) in [4.78, 5) is 27.6. The smallest absolute Gasteiger partial charge is 0.268 e. The van der Waals surface area contributed by atoms with E-state index < -0.39 is 17.4 Å². The molecular formula is C25H24N2O5. The second kappa shape index (κ2) is 8.36. The van der Waals surface area contributed by atoms with Crippen molar-refractivity contribution in [1.29, 1.82) is 0 Å². The summed E-state index contributed by atoms with van der Waals surface area (Å²) in [7, 11) is 3.04. The standard InChI is InChI=1S/C25H24N2O5/c1-16-7-6-8-17(11-16)25(30)21-9-4-5-10-22(21)27(24(25)29)15-23(28)26-18-12-19(31-2)14-20(13-18)32-3/h4-14,30H,15H2,1-3H3,(H,26,28). The van der Waals surface area contributed by atoms with Gasteiger partial charge in [-0.05, 0) is 18.6 Å². The van der Waals surface area contributed by atoms with Crippen LogP contribution in [0.4, 0.5) is 11.4 Å². The van der Waals surface area contributed by atoms with E-state index in [0.29, 0.717) is 34.0 Å². The van der Waals surface area contributed by atoms with Gasteiger partial charge in [-0.2, -0.15) is 0 Å². The monoisotopic (exact) mass is 432 g/mol. The third-order valence-corrected chi connectivity index (χ3v) is 5.51. The highest BCUT2D eigenvalue weighted by molar-refractivity contribution is 6.12. The van der Waals surface area contributed by atoms with Crippen molar-refractivity contribution in [1.82, 2.24) is 0 Å². The van der Waals surface area contributed by atoms with Gasteiger partial charge < -0.3 is 19.9 Å². The van der Waals surface area contributed by atoms with E-state index in [1.54, 1.807) is 60.7 Å². The molecule has 0 aliphatic carbocycles. The molecule has 0 saturated carbocycles. The van der Waals surface area contributed by atoms with Gasteiger partial charge in [0.2, 0.25) is 5.91 Å². The van der Waals surface area contributed by atoms with E-state index in [2.05, 4.69) is 5.32 Å². The van der Waals surface area contributed by atoms with Crippen LogP contribution in [-0.4, -0.2) is 37.7 Å². The lowest BCUT2D eigenvalue weighted by Crippen LogP contribution is -2.44. The molecule has 0 spiro atoms. The van der Waals surface area contributed by atoms with E-state index in [4.69, 9.17) is 9.47 Å². The average Bonchev–Trinajstić information content (AvgIpc) is 3.01. The number of anilines is 2. The number of amides is 2. The lowest BCUT2D eigenvalue weighted by Gasteiger charge is -2.24. The van der Waals surface area contributed by atoms with Gasteiger partial charge in [-0.25, -0.2) is 0 Å². The molecule has 0 radical (unpaired) electrons. The molecule has 1 atom stereocenters. The van der Waals surface area contributed by atoms with Crippen molar-refractivity contribution in [3.8, 4) is 11.5 Å². The largest absolute Gasteiger partial charge is 0.497 e. The Morgan fingerprint density at radius 2 is 1.69 bits per heavy atom. The van der Waals surface area contributed by atoms with Crippen LogP contribution in [0.1, 0.15) is 16.7 Å². The van der Waals surface area contributed by atoms with E-state index in [-0.39, 0.29) is 6.54 Å². The number of nitrogens with one attached hydrogen (secondary N) is 1. The summed E-state index contributed by atoms with van der Waals surface area (Å²) in [6.45, 7) is 1.63. The predicted molar refractivity (Wildman–Crippen MR) is 121 cm³/mol. The van der Waals surface area contributed by atoms with E-state index in [0.717, 1.165) is 5.56 Å². The molecule has 1 aliphatic heterocycles. The van der Waals surface area contributed by atoms with E-state index in [1.165, 1.54) is 19.1 Å². The van der Waals surface area contributed by atoms with Crippen molar-refractivity contribution in [3.63, 3.8) is 0 Å². The molecule has 1 aliphatic rings. The third-order valence-electron chi connectivity index (χ3n) is 5.51. The van der Waals surface area contributed by atoms with Crippen LogP contribution >= 0.6 is 0 Å². The molecule has 3 aromatic carbocycles. The lowest BCUT2D eigenvalue weighted by atomic mass is 9.87. The number of ether oxygens (including phenoxy) is 2. The summed E-state index contributed by atoms with van der Waals surface area (Å²) < 4.78 is 10.5. The summed E-state index contributed by atoms with van der Waals surface area (Å²) in [6, 6.07) is 19.2. The average molecular weight is 432 g/mol. The Kier molecular flexibility index (Phi) is 5.59. The topological polar surface area (TPSA) is 88.1 Å². The van der Waals surface area contributed by atoms with Gasteiger partial charge in [0.15, 0.2) is 5.60 Å². The van der Waals surface area contributed by atoms with Crippen LogP contribution in [0.5, 0.6) is 11.5 Å². The van der Waals surface area contributed by atoms with Gasteiger partial charge in [-0.3, -0.25) is 14.5 Å².